The number of fused-ring (bicyclic) bond motifs is 3. The van der Waals surface area contributed by atoms with Gasteiger partial charge in [-0.05, 0) is 94.3 Å². The fourth-order valence-electron chi connectivity index (χ4n) is 12.8. The number of amides is 5. The van der Waals surface area contributed by atoms with Crippen molar-refractivity contribution in [1.82, 2.24) is 20.4 Å². The number of rotatable bonds is 10. The molecule has 14 nitrogen and oxygen atoms in total. The summed E-state index contributed by atoms with van der Waals surface area (Å²) in [4.78, 5) is 75.8. The normalized spacial score (nSPS) is 36.9. The van der Waals surface area contributed by atoms with E-state index in [1.807, 2.05) is 0 Å². The van der Waals surface area contributed by atoms with Crippen molar-refractivity contribution in [2.24, 2.45) is 46.7 Å². The first kappa shape index (κ1) is 42.5. The first-order valence-corrected chi connectivity index (χ1v) is 22.2. The summed E-state index contributed by atoms with van der Waals surface area (Å²) in [5.74, 6) is 3.29. The number of ether oxygens (including phenoxy) is 3. The first-order chi connectivity index (χ1) is 28.1. The molecule has 58 heavy (non-hydrogen) atoms. The van der Waals surface area contributed by atoms with Gasteiger partial charge in [0.05, 0.1) is 36.6 Å². The molecule has 7 fully saturated rings. The van der Waals surface area contributed by atoms with Crippen LogP contribution < -0.4 is 16.4 Å². The van der Waals surface area contributed by atoms with Crippen LogP contribution in [0.3, 0.4) is 0 Å². The summed E-state index contributed by atoms with van der Waals surface area (Å²) in [5, 5.41) is 16.4. The Balaban J connectivity index is 1.44. The monoisotopic (exact) mass is 807 g/mol. The molecule has 3 aliphatic heterocycles. The number of imide groups is 1. The fraction of sp³-hybridized carbons (Fsp3) is 0.795. The Morgan fingerprint density at radius 1 is 0.931 bits per heavy atom. The van der Waals surface area contributed by atoms with Crippen LogP contribution in [0.4, 0.5) is 9.59 Å². The van der Waals surface area contributed by atoms with Crippen LogP contribution in [0.5, 0.6) is 0 Å². The van der Waals surface area contributed by atoms with Crippen LogP contribution in [0.2, 0.25) is 0 Å². The molecule has 4 saturated carbocycles. The minimum atomic E-state index is -1.52. The number of carbonyl (C=O) groups excluding carboxylic acids is 5. The Kier molecular flexibility index (Phi) is 13.7. The molecule has 320 valence electrons. The molecule has 5 N–H and O–H groups in total. The molecule has 0 radical (unpaired) electrons. The molecule has 4 aliphatic carbocycles. The van der Waals surface area contributed by atoms with E-state index in [4.69, 9.17) is 19.9 Å². The van der Waals surface area contributed by atoms with Crippen LogP contribution >= 0.6 is 0 Å². The average molecular weight is 808 g/mol. The number of cyclic esters (lactones) is 1. The average Bonchev–Trinajstić information content (AvgIpc) is 3.68. The number of nitrogens with two attached hydrogens (primary N) is 1. The Labute approximate surface area is 343 Å². The van der Waals surface area contributed by atoms with Crippen LogP contribution in [0, 0.1) is 52.8 Å². The molecule has 0 aromatic carbocycles. The predicted molar refractivity (Wildman–Crippen MR) is 213 cm³/mol. The van der Waals surface area contributed by atoms with Crippen LogP contribution in [0.1, 0.15) is 109 Å². The molecule has 0 bridgehead atoms. The number of nitrogens with one attached hydrogen (secondary N) is 2. The summed E-state index contributed by atoms with van der Waals surface area (Å²) in [6.45, 7) is 4.15. The van der Waals surface area contributed by atoms with Gasteiger partial charge in [0.1, 0.15) is 18.8 Å². The summed E-state index contributed by atoms with van der Waals surface area (Å²) >= 11 is 0. The second kappa shape index (κ2) is 18.7. The van der Waals surface area contributed by atoms with E-state index < -0.39 is 71.4 Å². The van der Waals surface area contributed by atoms with Crippen molar-refractivity contribution in [2.75, 3.05) is 33.4 Å². The smallest absolute Gasteiger partial charge is 0.416 e. The van der Waals surface area contributed by atoms with E-state index in [9.17, 15) is 14.7 Å². The zero-order chi connectivity index (χ0) is 41.0. The molecule has 3 unspecified atom stereocenters. The highest BCUT2D eigenvalue weighted by Gasteiger charge is 2.79. The van der Waals surface area contributed by atoms with Crippen LogP contribution in [-0.2, 0) is 28.6 Å². The molecule has 14 heteroatoms. The minimum Gasteiger partial charge on any atom is -0.459 e. The third-order valence-corrected chi connectivity index (χ3v) is 15.0. The van der Waals surface area contributed by atoms with E-state index in [2.05, 4.69) is 34.0 Å². The lowest BCUT2D eigenvalue weighted by Crippen LogP contribution is -2.66. The second-order valence-corrected chi connectivity index (χ2v) is 18.0. The number of nitrogens with zero attached hydrogens (tertiary/aromatic N) is 2. The van der Waals surface area contributed by atoms with E-state index in [0.717, 1.165) is 64.2 Å². The highest BCUT2D eigenvalue weighted by atomic mass is 16.6. The van der Waals surface area contributed by atoms with E-state index in [0.29, 0.717) is 44.9 Å². The number of hydrogen-bond donors (Lipinski definition) is 4. The summed E-state index contributed by atoms with van der Waals surface area (Å²) < 4.78 is 17.7. The number of carbonyl (C=O) groups is 5. The summed E-state index contributed by atoms with van der Waals surface area (Å²) in [6, 6.07) is -3.12. The SMILES string of the molecule is C=CCNC(=O)[C@H]1[C@@H]2C(=O)O[C@@H](C3CCCCC3)[C@@H](C3CCCCC3)N2[C@@H](C2CCC(O)CC2)[C@]12C(=O)N(C(=O)OCCOC)C1CCC(C#CCNC(N)=O)CC12. The lowest BCUT2D eigenvalue weighted by atomic mass is 9.55. The molecular formula is C44H65N5O9. The van der Waals surface area contributed by atoms with Gasteiger partial charge in [0.2, 0.25) is 11.8 Å². The summed E-state index contributed by atoms with van der Waals surface area (Å²) in [7, 11) is 1.51. The van der Waals surface area contributed by atoms with Crippen molar-refractivity contribution in [3.8, 4) is 11.8 Å². The molecule has 3 saturated heterocycles. The third-order valence-electron chi connectivity index (χ3n) is 15.0. The largest absolute Gasteiger partial charge is 0.459 e. The number of hydrogen-bond acceptors (Lipinski definition) is 10. The number of aliphatic hydroxyl groups is 1. The highest BCUT2D eigenvalue weighted by Crippen LogP contribution is 2.65. The Hall–Kier alpha value is -3.67. The van der Waals surface area contributed by atoms with Gasteiger partial charge in [-0.1, -0.05) is 56.4 Å². The van der Waals surface area contributed by atoms with Gasteiger partial charge in [-0.2, -0.15) is 0 Å². The van der Waals surface area contributed by atoms with Gasteiger partial charge in [-0.15, -0.1) is 6.58 Å². The summed E-state index contributed by atoms with van der Waals surface area (Å²) in [5.41, 5.74) is 3.79. The standard InChI is InChI=1S/C44H65N5O9/c1-3-22-46-39(51)34-36-40(52)58-37(29-14-8-5-9-15-29)35(28-12-6-4-7-13-28)49(36)38(30-17-19-31(50)20-18-30)44(34)32-26-27(11-10-23-47-42(45)54)16-21-33(32)48(41(44)53)43(55)57-25-24-56-2/h3,27-38,50H,1,4-9,12-26H2,2H3,(H,46,51)(H3,45,47,54)/t27?,30?,31?,32?,33?,34-,35-,36-,37+,38+,44-/m1/s1. The van der Waals surface area contributed by atoms with Crippen molar-refractivity contribution in [3.05, 3.63) is 12.7 Å². The lowest BCUT2D eigenvalue weighted by Gasteiger charge is -2.54. The Morgan fingerprint density at radius 3 is 2.28 bits per heavy atom. The Morgan fingerprint density at radius 2 is 1.62 bits per heavy atom. The molecule has 0 aromatic rings. The minimum absolute atomic E-state index is 0.0500. The van der Waals surface area contributed by atoms with Gasteiger partial charge >= 0.3 is 18.1 Å². The fourth-order valence-corrected chi connectivity index (χ4v) is 12.8. The number of primary amides is 1. The van der Waals surface area contributed by atoms with Gasteiger partial charge < -0.3 is 35.7 Å². The molecule has 0 aromatic heterocycles. The van der Waals surface area contributed by atoms with E-state index >= 15 is 14.4 Å². The van der Waals surface area contributed by atoms with Gasteiger partial charge in [0, 0.05) is 31.7 Å². The van der Waals surface area contributed by atoms with E-state index in [-0.39, 0.29) is 62.1 Å². The van der Waals surface area contributed by atoms with Gasteiger partial charge in [0.25, 0.3) is 0 Å². The van der Waals surface area contributed by atoms with Crippen LogP contribution in [0.25, 0.3) is 0 Å². The van der Waals surface area contributed by atoms with Crippen molar-refractivity contribution in [3.63, 3.8) is 0 Å². The van der Waals surface area contributed by atoms with E-state index in [1.165, 1.54) is 12.0 Å². The third kappa shape index (κ3) is 7.99. The summed E-state index contributed by atoms with van der Waals surface area (Å²) in [6.07, 6.45) is 14.1. The lowest BCUT2D eigenvalue weighted by molar-refractivity contribution is -0.190. The number of likely N-dealkylation sites (tertiary alicyclic amines) is 1. The Bertz CT molecular complexity index is 1590. The van der Waals surface area contributed by atoms with Gasteiger partial charge in [-0.3, -0.25) is 19.3 Å². The van der Waals surface area contributed by atoms with Crippen LogP contribution in [0.15, 0.2) is 12.7 Å². The van der Waals surface area contributed by atoms with Gasteiger partial charge in [-0.25, -0.2) is 14.5 Å². The van der Waals surface area contributed by atoms with Crippen LogP contribution in [-0.4, -0.2) is 115 Å². The van der Waals surface area contributed by atoms with Crippen molar-refractivity contribution < 1.29 is 43.3 Å². The quantitative estimate of drug-likeness (QED) is 0.109. The molecule has 7 rings (SSSR count). The first-order valence-electron chi connectivity index (χ1n) is 22.2. The van der Waals surface area contributed by atoms with E-state index in [1.54, 1.807) is 6.08 Å². The molecule has 5 amide bonds. The molecular weight excluding hydrogens is 743 g/mol. The van der Waals surface area contributed by atoms with Crippen molar-refractivity contribution >= 4 is 29.9 Å². The zero-order valence-corrected chi connectivity index (χ0v) is 34.2. The van der Waals surface area contributed by atoms with Crippen molar-refractivity contribution in [2.45, 2.75) is 146 Å². The molecule has 1 spiro atoms. The number of morpholine rings is 1. The molecule has 3 heterocycles. The topological polar surface area (TPSA) is 190 Å². The highest BCUT2D eigenvalue weighted by molar-refractivity contribution is 6.04. The van der Waals surface area contributed by atoms with Crippen molar-refractivity contribution in [1.29, 1.82) is 0 Å². The molecule has 7 aliphatic rings. The second-order valence-electron chi connectivity index (χ2n) is 18.0. The number of urea groups is 1. The number of aliphatic hydroxyl groups excluding tert-OH is 1. The maximum Gasteiger partial charge on any atom is 0.416 e. The maximum absolute atomic E-state index is 16.1. The van der Waals surface area contributed by atoms with Gasteiger partial charge in [0.15, 0.2) is 0 Å². The predicted octanol–water partition coefficient (Wildman–Crippen LogP) is 4.03. The maximum atomic E-state index is 16.1. The molecule has 9 atom stereocenters. The zero-order valence-electron chi connectivity index (χ0n) is 34.2. The number of esters is 1. The number of methoxy groups -OCH3 is 1.